The van der Waals surface area contributed by atoms with E-state index in [1.54, 1.807) is 16.8 Å². The van der Waals surface area contributed by atoms with Gasteiger partial charge in [0.25, 0.3) is 0 Å². The Labute approximate surface area is 211 Å². The van der Waals surface area contributed by atoms with Gasteiger partial charge in [-0.25, -0.2) is 4.79 Å². The third-order valence-corrected chi connectivity index (χ3v) is 6.41. The number of carbonyl (C=O) groups is 1. The van der Waals surface area contributed by atoms with Gasteiger partial charge in [0.2, 0.25) is 0 Å². The first-order valence-electron chi connectivity index (χ1n) is 11.4. The maximum absolute atomic E-state index is 11.4. The quantitative estimate of drug-likeness (QED) is 0.312. The van der Waals surface area contributed by atoms with Crippen molar-refractivity contribution < 1.29 is 24.5 Å². The third-order valence-electron chi connectivity index (χ3n) is 6.00. The lowest BCUT2D eigenvalue weighted by Gasteiger charge is -2.19. The number of H-pyrrole nitrogens is 1. The van der Waals surface area contributed by atoms with Crippen LogP contribution in [0.2, 0.25) is 5.02 Å². The molecular weight excluding hydrogens is 484 g/mol. The Bertz CT molecular complexity index is 1480. The third kappa shape index (κ3) is 4.50. The summed E-state index contributed by atoms with van der Waals surface area (Å²) in [6, 6.07) is 15.6. The molecule has 3 aliphatic rings. The van der Waals surface area contributed by atoms with Crippen LogP contribution in [0, 0.1) is 0 Å². The van der Waals surface area contributed by atoms with E-state index in [0.717, 1.165) is 28.1 Å². The minimum atomic E-state index is -1.24. The largest absolute Gasteiger partial charge is 0.486 e. The Balaban J connectivity index is 1.48. The van der Waals surface area contributed by atoms with Crippen molar-refractivity contribution >= 4 is 29.1 Å². The predicted molar refractivity (Wildman–Crippen MR) is 136 cm³/mol. The van der Waals surface area contributed by atoms with Gasteiger partial charge in [0.15, 0.2) is 17.5 Å². The number of hydrogen-bond acceptors (Lipinski definition) is 6. The van der Waals surface area contributed by atoms with Crippen LogP contribution < -0.4 is 20.1 Å². The van der Waals surface area contributed by atoms with Gasteiger partial charge in [0.05, 0.1) is 27.9 Å². The van der Waals surface area contributed by atoms with E-state index in [4.69, 9.17) is 21.1 Å². The normalized spacial score (nSPS) is 15.1. The molecule has 10 heteroatoms. The number of ether oxygens (including phenoxy) is 2. The van der Waals surface area contributed by atoms with Crippen LogP contribution in [0.15, 0.2) is 59.6 Å². The van der Waals surface area contributed by atoms with Gasteiger partial charge < -0.3 is 25.0 Å². The number of carboxylic acid groups (broad SMARTS) is 1. The number of aromatic nitrogens is 2. The number of aromatic amines is 1. The van der Waals surface area contributed by atoms with Gasteiger partial charge in [-0.2, -0.15) is 0 Å². The van der Waals surface area contributed by atoms with Crippen LogP contribution in [0.1, 0.15) is 6.92 Å². The van der Waals surface area contributed by atoms with Crippen molar-refractivity contribution in [2.75, 3.05) is 18.5 Å². The second-order valence-electron chi connectivity index (χ2n) is 8.55. The molecule has 2 aromatic rings. The monoisotopic (exact) mass is 508 g/mol. The number of carboxylic acids is 1. The topological polar surface area (TPSA) is 121 Å². The maximum atomic E-state index is 11.4. The standard InChI is InChI=1S/C26H25ClN4O5/c1-14(32)24(26(33)34)28-16-7-8-18-20(13-16)31(2)30-25(18)29-19-5-3-4-17(23(19)27)15-6-9-21-22(12-15)36-11-10-35-21/h3-9,12-14,24,29-30,32H,10-11H2,1-2H3,(H,33,34). The van der Waals surface area contributed by atoms with E-state index in [2.05, 4.69) is 15.4 Å². The average Bonchev–Trinajstić information content (AvgIpc) is 3.17. The van der Waals surface area contributed by atoms with Crippen molar-refractivity contribution in [1.82, 2.24) is 9.78 Å². The smallest absolute Gasteiger partial charge is 0.331 e. The molecule has 0 fully saturated rings. The summed E-state index contributed by atoms with van der Waals surface area (Å²) in [5.74, 6) is 0.941. The van der Waals surface area contributed by atoms with Crippen molar-refractivity contribution in [2.45, 2.75) is 19.1 Å². The summed E-state index contributed by atoms with van der Waals surface area (Å²) < 4.78 is 13.1. The van der Waals surface area contributed by atoms with E-state index in [0.29, 0.717) is 40.8 Å². The number of nitrogens with one attached hydrogen (secondary N) is 2. The molecule has 2 aliphatic heterocycles. The number of hydrogen-bond donors (Lipinski definition) is 4. The molecule has 0 amide bonds. The van der Waals surface area contributed by atoms with Crippen LogP contribution in [0.5, 0.6) is 11.5 Å². The Morgan fingerprint density at radius 2 is 1.89 bits per heavy atom. The van der Waals surface area contributed by atoms with Gasteiger partial charge in [-0.3, -0.25) is 14.8 Å². The molecule has 9 nitrogen and oxygen atoms in total. The molecule has 0 bridgehead atoms. The lowest BCUT2D eigenvalue weighted by atomic mass is 10.0. The molecular formula is C26H25ClN4O5. The van der Waals surface area contributed by atoms with Crippen LogP contribution >= 0.6 is 11.6 Å². The molecule has 2 heterocycles. The summed E-state index contributed by atoms with van der Waals surface area (Å²) in [6.45, 7) is 2.44. The molecule has 4 N–H and O–H groups in total. The molecule has 5 rings (SSSR count). The highest BCUT2D eigenvalue weighted by atomic mass is 35.5. The van der Waals surface area contributed by atoms with Gasteiger partial charge in [-0.15, -0.1) is 0 Å². The first-order chi connectivity index (χ1) is 17.3. The number of halogens is 1. The second-order valence-corrected chi connectivity index (χ2v) is 8.93. The minimum absolute atomic E-state index is 0.454. The van der Waals surface area contributed by atoms with Gasteiger partial charge in [-0.1, -0.05) is 29.8 Å². The van der Waals surface area contributed by atoms with E-state index in [1.807, 2.05) is 49.5 Å². The van der Waals surface area contributed by atoms with Crippen molar-refractivity contribution in [3.8, 4) is 33.9 Å². The molecule has 1 aliphatic carbocycles. The van der Waals surface area contributed by atoms with E-state index in [1.165, 1.54) is 6.92 Å². The fourth-order valence-electron chi connectivity index (χ4n) is 4.20. The molecule has 0 aromatic heterocycles. The van der Waals surface area contributed by atoms with Crippen LogP contribution in [0.4, 0.5) is 11.5 Å². The summed E-state index contributed by atoms with van der Waals surface area (Å²) in [7, 11) is 1.84. The SMILES string of the molecule is CC(O)C(N=c1ccc2c(Nc3cccc(-c4ccc5c(c4)OCCO5)c3Cl)[nH]n(C)c-2c1)C(=O)O. The molecule has 186 valence electrons. The second kappa shape index (κ2) is 9.60. The van der Waals surface area contributed by atoms with Crippen LogP contribution in [-0.2, 0) is 11.8 Å². The lowest BCUT2D eigenvalue weighted by molar-refractivity contribution is -0.140. The maximum Gasteiger partial charge on any atom is 0.331 e. The number of fused-ring (bicyclic) bond motifs is 2. The Morgan fingerprint density at radius 3 is 2.64 bits per heavy atom. The van der Waals surface area contributed by atoms with Crippen LogP contribution in [0.25, 0.3) is 22.4 Å². The van der Waals surface area contributed by atoms with E-state index in [9.17, 15) is 15.0 Å². The van der Waals surface area contributed by atoms with Crippen molar-refractivity contribution in [3.05, 3.63) is 65.0 Å². The van der Waals surface area contributed by atoms with Crippen molar-refractivity contribution in [2.24, 2.45) is 12.0 Å². The number of aliphatic hydroxyl groups is 1. The first kappa shape index (κ1) is 23.8. The van der Waals surface area contributed by atoms with Gasteiger partial charge in [0, 0.05) is 18.2 Å². The summed E-state index contributed by atoms with van der Waals surface area (Å²) in [5, 5.41) is 26.7. The zero-order chi connectivity index (χ0) is 25.4. The average molecular weight is 509 g/mol. The number of rotatable bonds is 6. The van der Waals surface area contributed by atoms with Crippen LogP contribution in [-0.4, -0.2) is 51.3 Å². The summed E-state index contributed by atoms with van der Waals surface area (Å²) in [4.78, 5) is 15.6. The molecule has 0 saturated heterocycles. The van der Waals surface area contributed by atoms with Crippen molar-refractivity contribution in [1.29, 1.82) is 0 Å². The first-order valence-corrected chi connectivity index (χ1v) is 11.8. The van der Waals surface area contributed by atoms with Gasteiger partial charge in [0.1, 0.15) is 19.0 Å². The predicted octanol–water partition coefficient (Wildman–Crippen LogP) is 4.03. The van der Waals surface area contributed by atoms with Gasteiger partial charge >= 0.3 is 5.97 Å². The minimum Gasteiger partial charge on any atom is -0.486 e. The van der Waals surface area contributed by atoms with Crippen molar-refractivity contribution in [3.63, 3.8) is 0 Å². The number of anilines is 2. The van der Waals surface area contributed by atoms with E-state index in [-0.39, 0.29) is 0 Å². The Morgan fingerprint density at radius 1 is 1.11 bits per heavy atom. The lowest BCUT2D eigenvalue weighted by Crippen LogP contribution is -2.31. The summed E-state index contributed by atoms with van der Waals surface area (Å²) >= 11 is 6.83. The number of aryl methyl sites for hydroxylation is 1. The summed E-state index contributed by atoms with van der Waals surface area (Å²) in [6.07, 6.45) is -1.11. The Kier molecular flexibility index (Phi) is 6.34. The molecule has 2 aromatic carbocycles. The molecule has 0 radical (unpaired) electrons. The fourth-order valence-corrected chi connectivity index (χ4v) is 4.48. The molecule has 0 spiro atoms. The number of aliphatic hydroxyl groups excluding tert-OH is 1. The highest BCUT2D eigenvalue weighted by Gasteiger charge is 2.22. The molecule has 2 unspecified atom stereocenters. The Hall–Kier alpha value is -3.95. The molecule has 0 saturated carbocycles. The van der Waals surface area contributed by atoms with Gasteiger partial charge in [-0.05, 0) is 48.9 Å². The zero-order valence-electron chi connectivity index (χ0n) is 19.7. The molecule has 36 heavy (non-hydrogen) atoms. The summed E-state index contributed by atoms with van der Waals surface area (Å²) in [5.41, 5.74) is 4.13. The zero-order valence-corrected chi connectivity index (χ0v) is 20.4. The molecule has 2 atom stereocenters. The number of aliphatic carboxylic acids is 1. The number of benzene rings is 3. The van der Waals surface area contributed by atoms with E-state index >= 15 is 0 Å². The highest BCUT2D eigenvalue weighted by molar-refractivity contribution is 6.36. The van der Waals surface area contributed by atoms with Crippen LogP contribution in [0.3, 0.4) is 0 Å². The van der Waals surface area contributed by atoms with E-state index < -0.39 is 18.1 Å². The fraction of sp³-hybridized carbons (Fsp3) is 0.231. The number of nitrogens with zero attached hydrogens (tertiary/aromatic N) is 2. The highest BCUT2D eigenvalue weighted by Crippen LogP contribution is 2.40.